The van der Waals surface area contributed by atoms with Crippen molar-refractivity contribution in [2.75, 3.05) is 0 Å². The number of hydrogen-bond donors (Lipinski definition) is 1. The van der Waals surface area contributed by atoms with Crippen molar-refractivity contribution in [3.05, 3.63) is 35.0 Å². The molecule has 0 aliphatic rings. The van der Waals surface area contributed by atoms with Gasteiger partial charge in [0.25, 0.3) is 5.95 Å². The molecule has 2 aromatic rings. The van der Waals surface area contributed by atoms with Gasteiger partial charge in [-0.15, -0.1) is 0 Å². The van der Waals surface area contributed by atoms with E-state index in [1.165, 1.54) is 0 Å². The number of aromatic nitrogens is 1. The Morgan fingerprint density at radius 2 is 1.22 bits per heavy atom. The van der Waals surface area contributed by atoms with Crippen LogP contribution >= 0.6 is 0 Å². The van der Waals surface area contributed by atoms with E-state index in [-0.39, 0.29) is 18.9 Å². The summed E-state index contributed by atoms with van der Waals surface area (Å²) in [6, 6.07) is 0. The number of hydrogen-bond acceptors (Lipinski definition) is 2. The standard InChI is InChI=1S/C9HF6NO.Li.H/c10-2-1-3(11)6(14)9(15)16-7(1)8(17)5(13)4(2)12;;/h17H;;. The minimum absolute atomic E-state index is 0. The van der Waals surface area contributed by atoms with Crippen LogP contribution in [0.3, 0.4) is 0 Å². The van der Waals surface area contributed by atoms with Crippen molar-refractivity contribution in [1.82, 2.24) is 4.98 Å². The maximum absolute atomic E-state index is 13.1. The first-order valence-electron chi connectivity index (χ1n) is 4.05. The van der Waals surface area contributed by atoms with Gasteiger partial charge < -0.3 is 5.11 Å². The molecule has 0 fully saturated rings. The molecule has 0 saturated carbocycles. The summed E-state index contributed by atoms with van der Waals surface area (Å²) >= 11 is 0. The zero-order valence-electron chi connectivity index (χ0n) is 7.66. The third-order valence-electron chi connectivity index (χ3n) is 2.08. The van der Waals surface area contributed by atoms with Gasteiger partial charge in [0, 0.05) is 0 Å². The molecule has 0 saturated heterocycles. The Kier molecular flexibility index (Phi) is 3.83. The number of benzene rings is 1. The van der Waals surface area contributed by atoms with Crippen LogP contribution in [0.25, 0.3) is 10.9 Å². The Hall–Kier alpha value is -1.39. The van der Waals surface area contributed by atoms with Gasteiger partial charge in [-0.05, 0) is 0 Å². The van der Waals surface area contributed by atoms with Crippen LogP contribution in [-0.4, -0.2) is 29.0 Å². The van der Waals surface area contributed by atoms with Gasteiger partial charge in [-0.3, -0.25) is 0 Å². The average Bonchev–Trinajstić information content (AvgIpc) is 2.30. The molecule has 92 valence electrons. The number of phenols is 1. The van der Waals surface area contributed by atoms with Crippen LogP contribution in [0, 0.1) is 35.0 Å². The molecule has 0 spiro atoms. The summed E-state index contributed by atoms with van der Waals surface area (Å²) in [6.45, 7) is 0. The van der Waals surface area contributed by atoms with Gasteiger partial charge in [0.15, 0.2) is 23.2 Å². The second kappa shape index (κ2) is 4.70. The Labute approximate surface area is 107 Å². The number of nitrogens with zero attached hydrogens (tertiary/aromatic N) is 1. The van der Waals surface area contributed by atoms with Crippen molar-refractivity contribution in [2.45, 2.75) is 0 Å². The van der Waals surface area contributed by atoms with E-state index in [2.05, 4.69) is 4.98 Å². The van der Waals surface area contributed by atoms with Gasteiger partial charge in [-0.2, -0.15) is 13.2 Å². The Bertz CT molecular complexity index is 639. The van der Waals surface area contributed by atoms with E-state index in [0.29, 0.717) is 0 Å². The van der Waals surface area contributed by atoms with Crippen molar-refractivity contribution in [1.29, 1.82) is 0 Å². The van der Waals surface area contributed by atoms with Gasteiger partial charge in [-0.25, -0.2) is 18.2 Å². The fourth-order valence-electron chi connectivity index (χ4n) is 1.29. The molecule has 0 amide bonds. The Morgan fingerprint density at radius 3 is 1.78 bits per heavy atom. The topological polar surface area (TPSA) is 33.1 Å². The molecule has 0 radical (unpaired) electrons. The summed E-state index contributed by atoms with van der Waals surface area (Å²) in [4.78, 5) is 2.62. The molecule has 9 heteroatoms. The number of rotatable bonds is 0. The fraction of sp³-hybridized carbons (Fsp3) is 0. The predicted octanol–water partition coefficient (Wildman–Crippen LogP) is 2.13. The van der Waals surface area contributed by atoms with E-state index in [1.807, 2.05) is 0 Å². The summed E-state index contributed by atoms with van der Waals surface area (Å²) in [5, 5.41) is 7.55. The van der Waals surface area contributed by atoms with E-state index in [9.17, 15) is 26.3 Å². The van der Waals surface area contributed by atoms with E-state index in [1.54, 1.807) is 0 Å². The Balaban J connectivity index is 0.00000162. The van der Waals surface area contributed by atoms with Crippen LogP contribution in [0.4, 0.5) is 26.3 Å². The van der Waals surface area contributed by atoms with Crippen LogP contribution in [0.15, 0.2) is 0 Å². The monoisotopic (exact) mass is 261 g/mol. The summed E-state index contributed by atoms with van der Waals surface area (Å²) in [6.07, 6.45) is 0. The van der Waals surface area contributed by atoms with Gasteiger partial charge in [0.05, 0.1) is 5.39 Å². The van der Waals surface area contributed by atoms with Crippen molar-refractivity contribution >= 4 is 29.8 Å². The zero-order chi connectivity index (χ0) is 12.9. The van der Waals surface area contributed by atoms with E-state index >= 15 is 0 Å². The van der Waals surface area contributed by atoms with Crippen molar-refractivity contribution in [2.24, 2.45) is 0 Å². The second-order valence-corrected chi connectivity index (χ2v) is 3.04. The molecular formula is C9H2F6LiNO. The van der Waals surface area contributed by atoms with Gasteiger partial charge in [0.2, 0.25) is 11.6 Å². The third-order valence-corrected chi connectivity index (χ3v) is 2.08. The quantitative estimate of drug-likeness (QED) is 0.341. The number of halogens is 6. The fourth-order valence-corrected chi connectivity index (χ4v) is 1.29. The predicted molar refractivity (Wildman–Crippen MR) is 50.3 cm³/mol. The molecule has 18 heavy (non-hydrogen) atoms. The third kappa shape index (κ3) is 1.81. The van der Waals surface area contributed by atoms with Gasteiger partial charge in [-0.1, -0.05) is 0 Å². The molecule has 0 aliphatic carbocycles. The van der Waals surface area contributed by atoms with Crippen molar-refractivity contribution in [3.63, 3.8) is 0 Å². The number of aromatic hydroxyl groups is 1. The molecule has 1 aromatic carbocycles. The molecule has 1 N–H and O–H groups in total. The van der Waals surface area contributed by atoms with Crippen LogP contribution in [0.1, 0.15) is 0 Å². The van der Waals surface area contributed by atoms with E-state index < -0.39 is 51.7 Å². The SMILES string of the molecule is Oc1c(F)c(F)c(F)c2c(F)c(F)c(F)nc12.[LiH]. The normalized spacial score (nSPS) is 10.6. The molecular weight excluding hydrogens is 259 g/mol. The summed E-state index contributed by atoms with van der Waals surface area (Å²) < 4.78 is 77.3. The molecule has 1 heterocycles. The first kappa shape index (κ1) is 14.7. The van der Waals surface area contributed by atoms with Crippen molar-refractivity contribution < 1.29 is 31.4 Å². The summed E-state index contributed by atoms with van der Waals surface area (Å²) in [5.41, 5.74) is -1.24. The molecule has 0 unspecified atom stereocenters. The molecule has 0 aliphatic heterocycles. The maximum atomic E-state index is 13.1. The average molecular weight is 261 g/mol. The van der Waals surface area contributed by atoms with Crippen LogP contribution in [0.5, 0.6) is 5.75 Å². The van der Waals surface area contributed by atoms with Crippen LogP contribution in [0.2, 0.25) is 0 Å². The molecule has 2 rings (SSSR count). The Morgan fingerprint density at radius 1 is 0.722 bits per heavy atom. The van der Waals surface area contributed by atoms with Crippen molar-refractivity contribution in [3.8, 4) is 5.75 Å². The second-order valence-electron chi connectivity index (χ2n) is 3.04. The summed E-state index contributed by atoms with van der Waals surface area (Å²) in [5.74, 6) is -14.2. The first-order chi connectivity index (χ1) is 7.86. The molecule has 0 bridgehead atoms. The van der Waals surface area contributed by atoms with Gasteiger partial charge in [0.1, 0.15) is 5.52 Å². The van der Waals surface area contributed by atoms with E-state index in [0.717, 1.165) is 0 Å². The number of fused-ring (bicyclic) bond motifs is 1. The first-order valence-corrected chi connectivity index (χ1v) is 4.05. The minimum atomic E-state index is -2.21. The molecule has 0 atom stereocenters. The molecule has 2 nitrogen and oxygen atoms in total. The van der Waals surface area contributed by atoms with Gasteiger partial charge >= 0.3 is 18.9 Å². The van der Waals surface area contributed by atoms with Crippen LogP contribution in [-0.2, 0) is 0 Å². The van der Waals surface area contributed by atoms with E-state index in [4.69, 9.17) is 5.11 Å². The number of phenolic OH excluding ortho intramolecular Hbond substituents is 1. The van der Waals surface area contributed by atoms with Crippen LogP contribution < -0.4 is 0 Å². The number of pyridine rings is 1. The summed E-state index contributed by atoms with van der Waals surface area (Å²) in [7, 11) is 0. The zero-order valence-corrected chi connectivity index (χ0v) is 7.66. The molecule has 1 aromatic heterocycles.